The van der Waals surface area contributed by atoms with Crippen LogP contribution < -0.4 is 18.9 Å². The van der Waals surface area contributed by atoms with Crippen LogP contribution in [0, 0.1) is 0 Å². The van der Waals surface area contributed by atoms with Gasteiger partial charge in [-0.15, -0.1) is 37.6 Å². The molecule has 0 saturated carbocycles. The number of amides is 4. The van der Waals surface area contributed by atoms with Crippen molar-refractivity contribution >= 4 is 128 Å². The van der Waals surface area contributed by atoms with Crippen LogP contribution in [0.4, 0.5) is 20.4 Å². The predicted octanol–water partition coefficient (Wildman–Crippen LogP) is 14.4. The second kappa shape index (κ2) is 48.2. The van der Waals surface area contributed by atoms with Crippen molar-refractivity contribution in [2.24, 2.45) is 0 Å². The van der Waals surface area contributed by atoms with Gasteiger partial charge in [-0.3, -0.25) is 29.3 Å². The molecule has 4 amide bonds. The second-order valence-electron chi connectivity index (χ2n) is 20.0. The average molecular weight is 1430 g/mol. The van der Waals surface area contributed by atoms with E-state index in [-0.39, 0.29) is 64.7 Å². The first kappa shape index (κ1) is 92.8. The van der Waals surface area contributed by atoms with Crippen LogP contribution in [0.1, 0.15) is 163 Å². The van der Waals surface area contributed by atoms with Gasteiger partial charge in [0, 0.05) is 42.0 Å². The highest BCUT2D eigenvalue weighted by atomic mass is 35.6. The quantitative estimate of drug-likeness (QED) is 0.00832. The van der Waals surface area contributed by atoms with Crippen molar-refractivity contribution in [1.82, 2.24) is 15.0 Å². The molecule has 4 aromatic carbocycles. The fraction of sp³-hybridized carbons (Fsp3) is 0.559. The smallest absolute Gasteiger partial charge is 0.476 e. The maximum absolute atomic E-state index is 13.1. The summed E-state index contributed by atoms with van der Waals surface area (Å²) in [6.07, 6.45) is 7.05. The molecule has 21 nitrogen and oxygen atoms in total. The van der Waals surface area contributed by atoms with Gasteiger partial charge in [-0.05, 0) is 108 Å². The van der Waals surface area contributed by atoms with E-state index in [4.69, 9.17) is 61.6 Å². The maximum Gasteiger partial charge on any atom is 0.476 e. The Bertz CT molecular complexity index is 3090. The molecule has 0 spiro atoms. The third-order valence-corrected chi connectivity index (χ3v) is 11.7. The first-order chi connectivity index (χ1) is 42.0. The molecule has 0 unspecified atom stereocenters. The third kappa shape index (κ3) is 35.1. The number of rotatable bonds is 23. The lowest BCUT2D eigenvalue weighted by Gasteiger charge is -2.28. The van der Waals surface area contributed by atoms with Crippen LogP contribution >= 0.6 is 34.3 Å². The molecule has 92 heavy (non-hydrogen) atoms. The number of halogens is 8. The number of unbranched alkanes of at least 4 members (excludes halogenated alkanes) is 4. The van der Waals surface area contributed by atoms with Gasteiger partial charge in [0.2, 0.25) is 0 Å². The third-order valence-electron chi connectivity index (χ3n) is 11.4. The number of hydrogen-bond donors (Lipinski definition) is 1. The van der Waals surface area contributed by atoms with E-state index in [1.807, 2.05) is 20.8 Å². The first-order valence-electron chi connectivity index (χ1n) is 28.3. The van der Waals surface area contributed by atoms with Gasteiger partial charge in [-0.2, -0.15) is 27.9 Å². The van der Waals surface area contributed by atoms with E-state index in [2.05, 4.69) is 79.8 Å². The van der Waals surface area contributed by atoms with Crippen LogP contribution in [0.2, 0.25) is 19.6 Å². The van der Waals surface area contributed by atoms with Crippen molar-refractivity contribution in [1.29, 1.82) is 0 Å². The predicted molar refractivity (Wildman–Crippen MR) is 351 cm³/mol. The molecule has 2 aliphatic heterocycles. The van der Waals surface area contributed by atoms with Crippen LogP contribution in [-0.4, -0.2) is 166 Å². The number of ether oxygens (including phenoxy) is 6. The van der Waals surface area contributed by atoms with E-state index in [1.54, 1.807) is 42.5 Å². The van der Waals surface area contributed by atoms with E-state index in [0.29, 0.717) is 71.9 Å². The molecule has 0 atom stereocenters. The first-order valence-corrected chi connectivity index (χ1v) is 36.5. The Balaban J connectivity index is -0.000000558. The van der Waals surface area contributed by atoms with Gasteiger partial charge in [0.1, 0.15) is 30.4 Å². The summed E-state index contributed by atoms with van der Waals surface area (Å²) in [5.74, 6) is -3.78. The highest BCUT2D eigenvalue weighted by Gasteiger charge is 2.40. The van der Waals surface area contributed by atoms with E-state index in [1.165, 1.54) is 6.07 Å². The minimum absolute atomic E-state index is 0. The summed E-state index contributed by atoms with van der Waals surface area (Å²) >= 11 is 15.2. The average Bonchev–Trinajstić information content (AvgIpc) is 0.745. The number of benzene rings is 4. The van der Waals surface area contributed by atoms with Crippen molar-refractivity contribution < 1.29 is 104 Å². The summed E-state index contributed by atoms with van der Waals surface area (Å²) in [5, 5.41) is 12.1. The minimum Gasteiger partial charge on any atom is -0.493 e. The van der Waals surface area contributed by atoms with Gasteiger partial charge in [0.25, 0.3) is 23.6 Å². The van der Waals surface area contributed by atoms with Crippen LogP contribution in [0.5, 0.6) is 23.0 Å². The van der Waals surface area contributed by atoms with Gasteiger partial charge in [0.15, 0.2) is 13.3 Å². The zero-order chi connectivity index (χ0) is 69.7. The number of carbonyl (C=O) groups excluding carboxylic acids is 6. The van der Waals surface area contributed by atoms with Crippen LogP contribution in [-0.2, 0) is 44.5 Å². The molecule has 0 fully saturated rings. The fourth-order valence-electron chi connectivity index (χ4n) is 7.59. The highest BCUT2D eigenvalue weighted by molar-refractivity contribution is 7.81. The number of nitrogens with zero attached hydrogens (tertiary/aromatic N) is 3. The number of hydroxylamine groups is 4. The van der Waals surface area contributed by atoms with E-state index in [9.17, 15) is 62.8 Å². The Labute approximate surface area is 556 Å². The Kier molecular flexibility index (Phi) is 48.6. The molecule has 523 valence electrons. The van der Waals surface area contributed by atoms with Gasteiger partial charge in [0.05, 0.1) is 68.2 Å². The zero-order valence-corrected chi connectivity index (χ0v) is 58.6. The maximum atomic E-state index is 13.1. The van der Waals surface area contributed by atoms with Gasteiger partial charge >= 0.3 is 33.1 Å². The van der Waals surface area contributed by atoms with Gasteiger partial charge < -0.3 is 28.4 Å². The molecule has 0 aromatic heterocycles. The molecular formula is C59H89BCl3F5N3O18S2Si. The second-order valence-corrected chi connectivity index (χ2v) is 30.1. The molecule has 0 bridgehead atoms. The normalized spacial score (nSPS) is 11.9. The molecule has 4 aromatic rings. The van der Waals surface area contributed by atoms with Crippen molar-refractivity contribution in [2.45, 2.75) is 153 Å². The largest absolute Gasteiger partial charge is 0.493 e. The molecule has 0 aliphatic carbocycles. The van der Waals surface area contributed by atoms with Crippen LogP contribution in [0.3, 0.4) is 0 Å². The number of imide groups is 2. The molecule has 1 N–H and O–H groups in total. The zero-order valence-electron chi connectivity index (χ0n) is 53.7. The Morgan fingerprint density at radius 2 is 0.870 bits per heavy atom. The summed E-state index contributed by atoms with van der Waals surface area (Å²) in [7, 11) is -10.1. The van der Waals surface area contributed by atoms with E-state index >= 15 is 0 Å². The van der Waals surface area contributed by atoms with E-state index < -0.39 is 77.4 Å². The Hall–Kier alpha value is -5.60. The van der Waals surface area contributed by atoms with Gasteiger partial charge in [-0.1, -0.05) is 99.0 Å². The molecule has 3 radical (unpaired) electrons. The van der Waals surface area contributed by atoms with Crippen molar-refractivity contribution in [3.05, 3.63) is 70.8 Å². The van der Waals surface area contributed by atoms with Crippen molar-refractivity contribution in [2.75, 3.05) is 65.9 Å². The summed E-state index contributed by atoms with van der Waals surface area (Å²) in [4.78, 5) is 72.2. The fourth-order valence-corrected chi connectivity index (χ4v) is 7.90. The van der Waals surface area contributed by atoms with Crippen molar-refractivity contribution in [3.63, 3.8) is 0 Å². The van der Waals surface area contributed by atoms with Crippen LogP contribution in [0.25, 0.3) is 21.5 Å². The summed E-state index contributed by atoms with van der Waals surface area (Å²) in [6.45, 7) is 26.4. The Morgan fingerprint density at radius 1 is 0.576 bits per heavy atom. The van der Waals surface area contributed by atoms with Gasteiger partial charge in [-0.25, -0.2) is 18.4 Å². The van der Waals surface area contributed by atoms with Crippen molar-refractivity contribution in [3.8, 4) is 23.0 Å². The molecule has 6 rings (SSSR count). The SMILES string of the molecule is C.CCCCOc1ccc2c(OCCCC)ccc3c2c1C(=O)N(O)C3=O.CCCCOc1ccc2c(OCCCC)ccc3c2c1C(=O)N(OS(=O)(=O)F)C3=O.CCN(C(C)C)C(C)C.COC(=O)CF.COC(=O)CF.C[Si](C)(C)Cl.ClCCl.O=S(=O)(F)F.[B]. The van der Waals surface area contributed by atoms with E-state index in [0.717, 1.165) is 72.1 Å². The topological polar surface area (TPSA) is 265 Å². The summed E-state index contributed by atoms with van der Waals surface area (Å²) < 4.78 is 128. The molecular weight excluding hydrogens is 1340 g/mol. The van der Waals surface area contributed by atoms with Crippen LogP contribution in [0.15, 0.2) is 48.5 Å². The Morgan fingerprint density at radius 3 is 1.12 bits per heavy atom. The lowest BCUT2D eigenvalue weighted by Crippen LogP contribution is -2.41. The molecule has 2 aliphatic rings. The molecule has 33 heteroatoms. The summed E-state index contributed by atoms with van der Waals surface area (Å²) in [6, 6.07) is 14.3. The highest BCUT2D eigenvalue weighted by Crippen LogP contribution is 2.42. The monoisotopic (exact) mass is 1430 g/mol. The summed E-state index contributed by atoms with van der Waals surface area (Å²) in [5.41, 5.74) is 0.368. The minimum atomic E-state index is -5.67. The lowest BCUT2D eigenvalue weighted by molar-refractivity contribution is -0.142. The number of methoxy groups -OCH3 is 2. The molecule has 0 saturated heterocycles. The number of hydrogen-bond acceptors (Lipinski definition) is 19. The standard InChI is InChI=1S/C20H22FNO7S.C20H23NO5.C8H19N.C3H9ClSi.2C3H5FO2.CH2Cl2.CH4.B.F2O2S/c1-3-5-11-27-15-9-8-14-17-13(15)7-10-16(28-12-6-4-2)18(17)20(24)22(19(14)23)29-30(21,25)26;1-3-5-11-25-15-9-8-14-17-13(15)7-10-16(26-12-6-4-2)18(17)20(23)21(24)19(14)22;1-6-9(7(2)3)8(4)5;1-5(2,3)4;2*1-6-3(5)2-4;2-1-3;;;1-5(2,3)4/h7-10H,3-6,11-12H2,1-2H3;7-10,24H,3-6,11-12H2,1-2H3;7-8H,6H2,1-5H3;1-3H3;2*2H2,1H3;1H2;1H4;;. The number of alkyl halides is 4. The number of esters is 2. The lowest BCUT2D eigenvalue weighted by atomic mass is 9.93. The number of carbonyl (C=O) groups is 6. The molecule has 2 heterocycles.